The fraction of sp³-hybridized carbons (Fsp3) is 0.909. The molecule has 15 heavy (non-hydrogen) atoms. The first-order valence-electron chi connectivity index (χ1n) is 5.78. The Balaban J connectivity index is 2.18. The van der Waals surface area contributed by atoms with E-state index in [9.17, 15) is 4.79 Å². The van der Waals surface area contributed by atoms with Crippen LogP contribution in [-0.4, -0.2) is 50.7 Å². The number of nitrogens with zero attached hydrogens (tertiary/aromatic N) is 1. The largest absolute Gasteiger partial charge is 0.372 e. The third-order valence-electron chi connectivity index (χ3n) is 2.71. The Labute approximate surface area is 92.0 Å². The van der Waals surface area contributed by atoms with E-state index in [0.717, 1.165) is 32.5 Å². The second-order valence-electron chi connectivity index (χ2n) is 4.10. The lowest BCUT2D eigenvalue weighted by atomic mass is 10.1. The summed E-state index contributed by atoms with van der Waals surface area (Å²) in [6, 6.07) is 0. The van der Waals surface area contributed by atoms with Gasteiger partial charge in [0.25, 0.3) is 0 Å². The van der Waals surface area contributed by atoms with Gasteiger partial charge in [0.15, 0.2) is 0 Å². The van der Waals surface area contributed by atoms with Crippen LogP contribution in [0.15, 0.2) is 0 Å². The van der Waals surface area contributed by atoms with Crippen molar-refractivity contribution in [3.05, 3.63) is 0 Å². The minimum absolute atomic E-state index is 0.141. The van der Waals surface area contributed by atoms with Crippen molar-refractivity contribution in [2.75, 3.05) is 39.9 Å². The van der Waals surface area contributed by atoms with E-state index in [2.05, 4.69) is 5.32 Å². The van der Waals surface area contributed by atoms with Crippen molar-refractivity contribution in [1.29, 1.82) is 0 Å². The molecule has 0 saturated carbocycles. The van der Waals surface area contributed by atoms with Gasteiger partial charge in [0.1, 0.15) is 6.61 Å². The quantitative estimate of drug-likeness (QED) is 0.654. The van der Waals surface area contributed by atoms with Gasteiger partial charge >= 0.3 is 0 Å². The molecule has 1 heterocycles. The van der Waals surface area contributed by atoms with Crippen LogP contribution in [0.4, 0.5) is 0 Å². The number of likely N-dealkylation sites (tertiary alicyclic amines) is 1. The summed E-state index contributed by atoms with van der Waals surface area (Å²) in [6.07, 6.45) is 2.08. The monoisotopic (exact) mass is 214 g/mol. The Kier molecular flexibility index (Phi) is 5.65. The van der Waals surface area contributed by atoms with E-state index in [1.54, 1.807) is 0 Å². The zero-order valence-corrected chi connectivity index (χ0v) is 9.79. The molecule has 0 aliphatic carbocycles. The maximum atomic E-state index is 11.7. The third kappa shape index (κ3) is 4.18. The second kappa shape index (κ2) is 6.80. The minimum atomic E-state index is 0.141. The van der Waals surface area contributed by atoms with Crippen LogP contribution in [0.3, 0.4) is 0 Å². The van der Waals surface area contributed by atoms with Gasteiger partial charge in [0.2, 0.25) is 5.91 Å². The first-order chi connectivity index (χ1) is 7.27. The van der Waals surface area contributed by atoms with Crippen molar-refractivity contribution in [3.63, 3.8) is 0 Å². The normalized spacial score (nSPS) is 20.9. The summed E-state index contributed by atoms with van der Waals surface area (Å²) in [6.45, 7) is 5.75. The van der Waals surface area contributed by atoms with Crippen LogP contribution in [-0.2, 0) is 9.53 Å². The number of hydrogen-bond donors (Lipinski definition) is 1. The topological polar surface area (TPSA) is 41.6 Å². The SMILES string of the molecule is CCCOCC(=O)N1CCC(CNC)C1. The Bertz CT molecular complexity index is 197. The number of carbonyl (C=O) groups is 1. The van der Waals surface area contributed by atoms with Crippen LogP contribution in [0.5, 0.6) is 0 Å². The van der Waals surface area contributed by atoms with Gasteiger partial charge in [-0.1, -0.05) is 6.92 Å². The standard InChI is InChI=1S/C11H22N2O2/c1-3-6-15-9-11(14)13-5-4-10(8-13)7-12-2/h10,12H,3-9H2,1-2H3. The van der Waals surface area contributed by atoms with Crippen molar-refractivity contribution in [2.45, 2.75) is 19.8 Å². The zero-order valence-electron chi connectivity index (χ0n) is 9.79. The van der Waals surface area contributed by atoms with Crippen molar-refractivity contribution >= 4 is 5.91 Å². The van der Waals surface area contributed by atoms with E-state index in [4.69, 9.17) is 4.74 Å². The summed E-state index contributed by atoms with van der Waals surface area (Å²) in [5, 5.41) is 3.15. The maximum absolute atomic E-state index is 11.7. The number of ether oxygens (including phenoxy) is 1. The van der Waals surface area contributed by atoms with Crippen LogP contribution in [0, 0.1) is 5.92 Å². The molecular formula is C11H22N2O2. The molecule has 0 aromatic carbocycles. The van der Waals surface area contributed by atoms with E-state index in [1.165, 1.54) is 0 Å². The zero-order chi connectivity index (χ0) is 11.1. The van der Waals surface area contributed by atoms with E-state index in [-0.39, 0.29) is 12.5 Å². The molecule has 0 aromatic heterocycles. The molecule has 0 aromatic rings. The van der Waals surface area contributed by atoms with Gasteiger partial charge in [0.05, 0.1) is 0 Å². The van der Waals surface area contributed by atoms with Crippen molar-refractivity contribution in [3.8, 4) is 0 Å². The molecule has 4 heteroatoms. The minimum Gasteiger partial charge on any atom is -0.372 e. The fourth-order valence-electron chi connectivity index (χ4n) is 1.91. The Morgan fingerprint density at radius 1 is 1.60 bits per heavy atom. The third-order valence-corrected chi connectivity index (χ3v) is 2.71. The Morgan fingerprint density at radius 3 is 3.07 bits per heavy atom. The van der Waals surface area contributed by atoms with E-state index in [1.807, 2.05) is 18.9 Å². The fourth-order valence-corrected chi connectivity index (χ4v) is 1.91. The highest BCUT2D eigenvalue weighted by Gasteiger charge is 2.25. The van der Waals surface area contributed by atoms with Crippen LogP contribution >= 0.6 is 0 Å². The number of carbonyl (C=O) groups excluding carboxylic acids is 1. The first-order valence-corrected chi connectivity index (χ1v) is 5.78. The molecule has 1 saturated heterocycles. The number of hydrogen-bond acceptors (Lipinski definition) is 3. The number of rotatable bonds is 6. The summed E-state index contributed by atoms with van der Waals surface area (Å²) < 4.78 is 5.25. The lowest BCUT2D eigenvalue weighted by Gasteiger charge is -2.16. The van der Waals surface area contributed by atoms with Gasteiger partial charge in [0, 0.05) is 19.7 Å². The van der Waals surface area contributed by atoms with Crippen molar-refractivity contribution < 1.29 is 9.53 Å². The van der Waals surface area contributed by atoms with Gasteiger partial charge in [-0.05, 0) is 32.4 Å². The van der Waals surface area contributed by atoms with Crippen LogP contribution in [0.25, 0.3) is 0 Å². The predicted molar refractivity (Wildman–Crippen MR) is 59.7 cm³/mol. The summed E-state index contributed by atoms with van der Waals surface area (Å²) in [4.78, 5) is 13.6. The van der Waals surface area contributed by atoms with Crippen molar-refractivity contribution in [2.24, 2.45) is 5.92 Å². The molecule has 1 aliphatic heterocycles. The van der Waals surface area contributed by atoms with Gasteiger partial charge in [-0.2, -0.15) is 0 Å². The highest BCUT2D eigenvalue weighted by Crippen LogP contribution is 2.15. The van der Waals surface area contributed by atoms with Gasteiger partial charge in [-0.25, -0.2) is 0 Å². The van der Waals surface area contributed by atoms with Crippen molar-refractivity contribution in [1.82, 2.24) is 10.2 Å². The molecule has 0 radical (unpaired) electrons. The lowest BCUT2D eigenvalue weighted by Crippen LogP contribution is -2.33. The Morgan fingerprint density at radius 2 is 2.40 bits per heavy atom. The average Bonchev–Trinajstić information content (AvgIpc) is 2.67. The Hall–Kier alpha value is -0.610. The van der Waals surface area contributed by atoms with Crippen LogP contribution in [0.2, 0.25) is 0 Å². The molecule has 0 spiro atoms. The highest BCUT2D eigenvalue weighted by molar-refractivity contribution is 5.77. The molecule has 0 bridgehead atoms. The summed E-state index contributed by atoms with van der Waals surface area (Å²) >= 11 is 0. The smallest absolute Gasteiger partial charge is 0.248 e. The first kappa shape index (κ1) is 12.5. The number of amides is 1. The highest BCUT2D eigenvalue weighted by atomic mass is 16.5. The second-order valence-corrected chi connectivity index (χ2v) is 4.10. The predicted octanol–water partition coefficient (Wildman–Crippen LogP) is 0.481. The average molecular weight is 214 g/mol. The molecule has 1 amide bonds. The lowest BCUT2D eigenvalue weighted by molar-refractivity contribution is -0.135. The summed E-state index contributed by atoms with van der Waals surface area (Å²) in [5.74, 6) is 0.757. The maximum Gasteiger partial charge on any atom is 0.248 e. The summed E-state index contributed by atoms with van der Waals surface area (Å²) in [5.41, 5.74) is 0. The van der Waals surface area contributed by atoms with Gasteiger partial charge < -0.3 is 15.0 Å². The number of nitrogens with one attached hydrogen (secondary N) is 1. The van der Waals surface area contributed by atoms with Gasteiger partial charge in [-0.3, -0.25) is 4.79 Å². The summed E-state index contributed by atoms with van der Waals surface area (Å²) in [7, 11) is 1.95. The molecule has 1 fully saturated rings. The molecule has 1 unspecified atom stereocenters. The molecular weight excluding hydrogens is 192 g/mol. The van der Waals surface area contributed by atoms with Gasteiger partial charge in [-0.15, -0.1) is 0 Å². The van der Waals surface area contributed by atoms with E-state index < -0.39 is 0 Å². The molecule has 1 atom stereocenters. The molecule has 1 aliphatic rings. The molecule has 88 valence electrons. The molecule has 1 rings (SSSR count). The molecule has 4 nitrogen and oxygen atoms in total. The van der Waals surface area contributed by atoms with Crippen LogP contribution < -0.4 is 5.32 Å². The van der Waals surface area contributed by atoms with E-state index >= 15 is 0 Å². The van der Waals surface area contributed by atoms with Crippen LogP contribution in [0.1, 0.15) is 19.8 Å². The molecule has 1 N–H and O–H groups in total. The van der Waals surface area contributed by atoms with E-state index in [0.29, 0.717) is 12.5 Å².